The molecule has 2 nitrogen and oxygen atoms in total. The van der Waals surface area contributed by atoms with Crippen molar-refractivity contribution in [2.45, 2.75) is 0 Å². The molecule has 0 fully saturated rings. The molecule has 0 aromatic heterocycles. The summed E-state index contributed by atoms with van der Waals surface area (Å²) in [6, 6.07) is 62.1. The van der Waals surface area contributed by atoms with Gasteiger partial charge in [-0.2, -0.15) is 0 Å². The fourth-order valence-electron chi connectivity index (χ4n) is 6.12. The van der Waals surface area contributed by atoms with Crippen molar-refractivity contribution in [1.82, 2.24) is 0 Å². The van der Waals surface area contributed by atoms with E-state index in [1.54, 1.807) is 0 Å². The number of nitrogens with zero attached hydrogens (tertiary/aromatic N) is 1. The van der Waals surface area contributed by atoms with Crippen LogP contribution < -0.4 is 9.64 Å². The second kappa shape index (κ2) is 11.1. The highest BCUT2D eigenvalue weighted by Crippen LogP contribution is 2.48. The van der Waals surface area contributed by atoms with E-state index < -0.39 is 0 Å². The Balaban J connectivity index is 1.28. The third-order valence-corrected chi connectivity index (χ3v) is 8.30. The lowest BCUT2D eigenvalue weighted by atomic mass is 9.93. The lowest BCUT2D eigenvalue weighted by molar-refractivity contribution is 0.488. The number of benzene rings is 7. The van der Waals surface area contributed by atoms with E-state index in [2.05, 4.69) is 163 Å². The van der Waals surface area contributed by atoms with Crippen LogP contribution in [-0.4, -0.2) is 0 Å². The van der Waals surface area contributed by atoms with Crippen LogP contribution in [0.5, 0.6) is 11.5 Å². The Morgan fingerprint density at radius 3 is 1.23 bits per heavy atom. The summed E-state index contributed by atoms with van der Waals surface area (Å²) in [5.41, 5.74) is 12.6. The second-order valence-electron chi connectivity index (χ2n) is 11.0. The summed E-state index contributed by atoms with van der Waals surface area (Å²) in [5, 5.41) is 0. The van der Waals surface area contributed by atoms with Crippen LogP contribution in [-0.2, 0) is 0 Å². The maximum atomic E-state index is 6.45. The smallest absolute Gasteiger partial charge is 0.135 e. The van der Waals surface area contributed by atoms with Crippen LogP contribution in [0.2, 0.25) is 0 Å². The van der Waals surface area contributed by atoms with Crippen LogP contribution >= 0.6 is 0 Å². The van der Waals surface area contributed by atoms with E-state index in [9.17, 15) is 0 Å². The average molecular weight is 564 g/mol. The zero-order chi connectivity index (χ0) is 29.3. The Morgan fingerprint density at radius 1 is 0.295 bits per heavy atom. The molecule has 44 heavy (non-hydrogen) atoms. The monoisotopic (exact) mass is 563 g/mol. The maximum absolute atomic E-state index is 6.45. The minimum atomic E-state index is 0.863. The Hall–Kier alpha value is -5.86. The van der Waals surface area contributed by atoms with Crippen molar-refractivity contribution in [2.24, 2.45) is 0 Å². The van der Waals surface area contributed by atoms with Gasteiger partial charge in [0.05, 0.1) is 0 Å². The Bertz CT molecular complexity index is 1980. The molecule has 7 aromatic rings. The van der Waals surface area contributed by atoms with Gasteiger partial charge in [0.1, 0.15) is 11.5 Å². The SMILES string of the molecule is c1ccc(-c2ccc(N(c3ccc(-c4ccccc4)cc3)c3ccc4c(c3)-c3ccccc3Oc3ccccc3-4)cc2)cc1. The summed E-state index contributed by atoms with van der Waals surface area (Å²) in [6.45, 7) is 0. The molecule has 0 aliphatic carbocycles. The predicted molar refractivity (Wildman–Crippen MR) is 183 cm³/mol. The van der Waals surface area contributed by atoms with Crippen molar-refractivity contribution in [3.8, 4) is 56.0 Å². The van der Waals surface area contributed by atoms with Gasteiger partial charge in [0, 0.05) is 28.2 Å². The van der Waals surface area contributed by atoms with E-state index in [0.29, 0.717) is 0 Å². The molecule has 0 unspecified atom stereocenters. The van der Waals surface area contributed by atoms with Gasteiger partial charge in [-0.1, -0.05) is 127 Å². The van der Waals surface area contributed by atoms with Gasteiger partial charge in [-0.15, -0.1) is 0 Å². The highest BCUT2D eigenvalue weighted by molar-refractivity contribution is 5.94. The first kappa shape index (κ1) is 25.8. The average Bonchev–Trinajstić information content (AvgIpc) is 3.24. The lowest BCUT2D eigenvalue weighted by Gasteiger charge is -2.27. The zero-order valence-corrected chi connectivity index (χ0v) is 24.1. The second-order valence-corrected chi connectivity index (χ2v) is 11.0. The summed E-state index contributed by atoms with van der Waals surface area (Å²) in [6.07, 6.45) is 0. The molecular weight excluding hydrogens is 534 g/mol. The van der Waals surface area contributed by atoms with Crippen LogP contribution in [0.4, 0.5) is 17.1 Å². The van der Waals surface area contributed by atoms with E-state index in [1.165, 1.54) is 22.3 Å². The summed E-state index contributed by atoms with van der Waals surface area (Å²) < 4.78 is 6.45. The number of rotatable bonds is 5. The van der Waals surface area contributed by atoms with Gasteiger partial charge < -0.3 is 9.64 Å². The van der Waals surface area contributed by atoms with Gasteiger partial charge in [-0.25, -0.2) is 0 Å². The van der Waals surface area contributed by atoms with Crippen molar-refractivity contribution in [3.63, 3.8) is 0 Å². The molecule has 2 heteroatoms. The molecule has 1 aliphatic heterocycles. The van der Waals surface area contributed by atoms with E-state index >= 15 is 0 Å². The molecule has 0 radical (unpaired) electrons. The van der Waals surface area contributed by atoms with Crippen molar-refractivity contribution >= 4 is 17.1 Å². The molecule has 0 N–H and O–H groups in total. The molecule has 0 saturated carbocycles. The number of hydrogen-bond donors (Lipinski definition) is 0. The third-order valence-electron chi connectivity index (χ3n) is 8.30. The number of anilines is 3. The zero-order valence-electron chi connectivity index (χ0n) is 24.1. The number of hydrogen-bond acceptors (Lipinski definition) is 2. The minimum absolute atomic E-state index is 0.863. The molecule has 0 amide bonds. The van der Waals surface area contributed by atoms with Gasteiger partial charge >= 0.3 is 0 Å². The molecule has 1 aliphatic rings. The normalized spacial score (nSPS) is 11.4. The lowest BCUT2D eigenvalue weighted by Crippen LogP contribution is -2.10. The van der Waals surface area contributed by atoms with Gasteiger partial charge in [0.15, 0.2) is 0 Å². The van der Waals surface area contributed by atoms with Crippen LogP contribution in [0.1, 0.15) is 0 Å². The van der Waals surface area contributed by atoms with Crippen molar-refractivity contribution < 1.29 is 4.74 Å². The van der Waals surface area contributed by atoms with Crippen LogP contribution in [0.25, 0.3) is 44.5 Å². The van der Waals surface area contributed by atoms with Crippen LogP contribution in [0.3, 0.4) is 0 Å². The van der Waals surface area contributed by atoms with Crippen LogP contribution in [0, 0.1) is 0 Å². The molecule has 7 aromatic carbocycles. The van der Waals surface area contributed by atoms with E-state index in [-0.39, 0.29) is 0 Å². The van der Waals surface area contributed by atoms with E-state index in [0.717, 1.165) is 50.8 Å². The fourth-order valence-corrected chi connectivity index (χ4v) is 6.12. The van der Waals surface area contributed by atoms with Gasteiger partial charge in [0.2, 0.25) is 0 Å². The fraction of sp³-hybridized carbons (Fsp3) is 0. The first-order valence-electron chi connectivity index (χ1n) is 14.9. The molecular formula is C42H29NO. The van der Waals surface area contributed by atoms with E-state index in [1.807, 2.05) is 18.2 Å². The Morgan fingerprint density at radius 2 is 0.705 bits per heavy atom. The Labute approximate surface area is 258 Å². The highest BCUT2D eigenvalue weighted by Gasteiger charge is 2.22. The van der Waals surface area contributed by atoms with Gasteiger partial charge in [-0.05, 0) is 81.9 Å². The largest absolute Gasteiger partial charge is 0.456 e. The van der Waals surface area contributed by atoms with Crippen LogP contribution in [0.15, 0.2) is 176 Å². The molecule has 1 heterocycles. The summed E-state index contributed by atoms with van der Waals surface area (Å²) in [7, 11) is 0. The molecule has 208 valence electrons. The number of para-hydroxylation sites is 2. The highest BCUT2D eigenvalue weighted by atomic mass is 16.5. The Kier molecular flexibility index (Phi) is 6.51. The van der Waals surface area contributed by atoms with Gasteiger partial charge in [-0.3, -0.25) is 0 Å². The van der Waals surface area contributed by atoms with Crippen molar-refractivity contribution in [1.29, 1.82) is 0 Å². The summed E-state index contributed by atoms with van der Waals surface area (Å²) in [4.78, 5) is 2.34. The molecule has 0 spiro atoms. The first-order valence-corrected chi connectivity index (χ1v) is 14.9. The molecule has 0 atom stereocenters. The summed E-state index contributed by atoms with van der Waals surface area (Å²) in [5.74, 6) is 1.73. The standard InChI is InChI=1S/C42H29NO/c1-3-11-30(12-4-1)32-19-23-34(24-20-32)43(35-25-21-33(22-26-35)31-13-5-2-6-14-31)36-27-28-37-38-15-7-9-17-41(38)44-42-18-10-8-16-39(42)40(37)29-36/h1-29H. The molecule has 0 bridgehead atoms. The van der Waals surface area contributed by atoms with E-state index in [4.69, 9.17) is 4.74 Å². The predicted octanol–water partition coefficient (Wildman–Crippen LogP) is 11.9. The number of fused-ring (bicyclic) bond motifs is 5. The minimum Gasteiger partial charge on any atom is -0.456 e. The maximum Gasteiger partial charge on any atom is 0.135 e. The molecule has 0 saturated heterocycles. The summed E-state index contributed by atoms with van der Waals surface area (Å²) >= 11 is 0. The van der Waals surface area contributed by atoms with Crippen molar-refractivity contribution in [2.75, 3.05) is 4.90 Å². The van der Waals surface area contributed by atoms with Crippen molar-refractivity contribution in [3.05, 3.63) is 176 Å². The molecule has 8 rings (SSSR count). The third kappa shape index (κ3) is 4.73. The first-order chi connectivity index (χ1) is 21.8. The number of ether oxygens (including phenoxy) is 1. The van der Waals surface area contributed by atoms with Gasteiger partial charge in [0.25, 0.3) is 0 Å². The quantitative estimate of drug-likeness (QED) is 0.206. The topological polar surface area (TPSA) is 12.5 Å².